The lowest BCUT2D eigenvalue weighted by Gasteiger charge is -2.14. The van der Waals surface area contributed by atoms with Gasteiger partial charge < -0.3 is 10.4 Å². The molecule has 0 amide bonds. The summed E-state index contributed by atoms with van der Waals surface area (Å²) in [5, 5.41) is 12.9. The first-order valence-corrected chi connectivity index (χ1v) is 6.56. The summed E-state index contributed by atoms with van der Waals surface area (Å²) in [6.07, 6.45) is -0.145. The fraction of sp³-hybridized carbons (Fsp3) is 0.250. The van der Waals surface area contributed by atoms with Gasteiger partial charge in [0, 0.05) is 17.8 Å². The van der Waals surface area contributed by atoms with Crippen molar-refractivity contribution < 1.29 is 13.9 Å². The van der Waals surface area contributed by atoms with Crippen molar-refractivity contribution in [2.75, 3.05) is 11.9 Å². The minimum atomic E-state index is -1.10. The predicted molar refractivity (Wildman–Crippen MR) is 75.6 cm³/mol. The number of aliphatic hydroxyl groups excluding tert-OH is 1. The number of halogens is 2. The number of aliphatic hydroxyl groups is 1. The molecule has 2 aromatic rings. The zero-order valence-electron chi connectivity index (χ0n) is 11.2. The van der Waals surface area contributed by atoms with Crippen LogP contribution in [0.1, 0.15) is 24.2 Å². The number of nitrogens with one attached hydrogen (secondary N) is 1. The molecule has 0 saturated heterocycles. The zero-order valence-corrected chi connectivity index (χ0v) is 11.2. The van der Waals surface area contributed by atoms with Gasteiger partial charge in [0.05, 0.1) is 6.10 Å². The van der Waals surface area contributed by atoms with Gasteiger partial charge in [0.1, 0.15) is 11.6 Å². The van der Waals surface area contributed by atoms with Crippen molar-refractivity contribution in [2.45, 2.75) is 19.4 Å². The number of rotatable bonds is 5. The van der Waals surface area contributed by atoms with E-state index in [4.69, 9.17) is 0 Å². The third-order valence-electron chi connectivity index (χ3n) is 3.18. The molecule has 0 saturated carbocycles. The molecule has 0 aliphatic carbocycles. The van der Waals surface area contributed by atoms with E-state index < -0.39 is 17.7 Å². The second-order valence-electron chi connectivity index (χ2n) is 4.61. The van der Waals surface area contributed by atoms with E-state index in [1.54, 1.807) is 0 Å². The molecule has 0 fully saturated rings. The lowest BCUT2D eigenvalue weighted by atomic mass is 10.1. The molecule has 0 heterocycles. The van der Waals surface area contributed by atoms with E-state index in [2.05, 4.69) is 12.2 Å². The number of aryl methyl sites for hydroxylation is 1. The van der Waals surface area contributed by atoms with Crippen LogP contribution >= 0.6 is 0 Å². The Balaban J connectivity index is 2.00. The molecule has 2 N–H and O–H groups in total. The third kappa shape index (κ3) is 3.54. The summed E-state index contributed by atoms with van der Waals surface area (Å²) in [5.74, 6) is -1.17. The van der Waals surface area contributed by atoms with E-state index in [0.717, 1.165) is 30.3 Å². The van der Waals surface area contributed by atoms with E-state index in [-0.39, 0.29) is 12.1 Å². The van der Waals surface area contributed by atoms with Crippen LogP contribution < -0.4 is 5.32 Å². The van der Waals surface area contributed by atoms with Gasteiger partial charge >= 0.3 is 0 Å². The predicted octanol–water partition coefficient (Wildman–Crippen LogP) is 3.67. The van der Waals surface area contributed by atoms with E-state index >= 15 is 0 Å². The fourth-order valence-electron chi connectivity index (χ4n) is 1.95. The van der Waals surface area contributed by atoms with Gasteiger partial charge in [-0.1, -0.05) is 19.1 Å². The molecule has 1 atom stereocenters. The maximum absolute atomic E-state index is 13.5. The highest BCUT2D eigenvalue weighted by Crippen LogP contribution is 2.19. The minimum Gasteiger partial charge on any atom is -0.386 e. The second kappa shape index (κ2) is 6.48. The van der Waals surface area contributed by atoms with Gasteiger partial charge in [0.25, 0.3) is 0 Å². The number of hydrogen-bond acceptors (Lipinski definition) is 2. The Bertz CT molecular complexity index is 569. The molecule has 2 nitrogen and oxygen atoms in total. The van der Waals surface area contributed by atoms with E-state index in [0.29, 0.717) is 0 Å². The first-order chi connectivity index (χ1) is 9.60. The summed E-state index contributed by atoms with van der Waals surface area (Å²) in [6.45, 7) is 2.19. The first-order valence-electron chi connectivity index (χ1n) is 6.56. The van der Waals surface area contributed by atoms with Crippen molar-refractivity contribution in [3.05, 3.63) is 65.2 Å². The van der Waals surface area contributed by atoms with Gasteiger partial charge in [-0.3, -0.25) is 0 Å². The molecular formula is C16H17F2NO. The molecule has 2 rings (SSSR count). The van der Waals surface area contributed by atoms with Crippen LogP contribution in [0.4, 0.5) is 14.5 Å². The summed E-state index contributed by atoms with van der Waals surface area (Å²) in [5.41, 5.74) is 2.01. The number of benzene rings is 2. The summed E-state index contributed by atoms with van der Waals surface area (Å²) in [4.78, 5) is 0. The van der Waals surface area contributed by atoms with Crippen LogP contribution in [0.25, 0.3) is 0 Å². The summed E-state index contributed by atoms with van der Waals surface area (Å²) in [7, 11) is 0. The molecule has 4 heteroatoms. The van der Waals surface area contributed by atoms with Crippen LogP contribution in [0.15, 0.2) is 42.5 Å². The zero-order chi connectivity index (χ0) is 14.5. The lowest BCUT2D eigenvalue weighted by molar-refractivity contribution is 0.186. The van der Waals surface area contributed by atoms with Crippen LogP contribution in [0, 0.1) is 11.6 Å². The Labute approximate surface area is 117 Å². The molecule has 0 aliphatic heterocycles. The molecule has 0 bridgehead atoms. The Kier molecular flexibility index (Phi) is 4.69. The van der Waals surface area contributed by atoms with Gasteiger partial charge in [0.2, 0.25) is 0 Å². The summed E-state index contributed by atoms with van der Waals surface area (Å²) >= 11 is 0. The van der Waals surface area contributed by atoms with Gasteiger partial charge in [-0.25, -0.2) is 8.78 Å². The van der Waals surface area contributed by atoms with Crippen molar-refractivity contribution in [1.82, 2.24) is 0 Å². The van der Waals surface area contributed by atoms with Crippen molar-refractivity contribution in [3.8, 4) is 0 Å². The standard InChI is InChI=1S/C16H17F2NO/c1-2-11-3-6-13(7-4-11)19-10-16(20)14-9-12(17)5-8-15(14)18/h3-9,16,19-20H,2,10H2,1H3. The van der Waals surface area contributed by atoms with Crippen LogP contribution in [-0.4, -0.2) is 11.7 Å². The molecular weight excluding hydrogens is 260 g/mol. The fourth-order valence-corrected chi connectivity index (χ4v) is 1.95. The maximum Gasteiger partial charge on any atom is 0.129 e. The van der Waals surface area contributed by atoms with Crippen LogP contribution in [0.3, 0.4) is 0 Å². The molecule has 2 aromatic carbocycles. The molecule has 0 radical (unpaired) electrons. The Hall–Kier alpha value is -1.94. The summed E-state index contributed by atoms with van der Waals surface area (Å²) in [6, 6.07) is 10.8. The average Bonchev–Trinajstić information content (AvgIpc) is 2.47. The maximum atomic E-state index is 13.5. The first kappa shape index (κ1) is 14.5. The molecule has 0 spiro atoms. The highest BCUT2D eigenvalue weighted by Gasteiger charge is 2.13. The van der Waals surface area contributed by atoms with Gasteiger partial charge in [-0.15, -0.1) is 0 Å². The SMILES string of the molecule is CCc1ccc(NCC(O)c2cc(F)ccc2F)cc1. The van der Waals surface area contributed by atoms with Crippen LogP contribution in [0.5, 0.6) is 0 Å². The minimum absolute atomic E-state index is 0.0392. The molecule has 1 unspecified atom stereocenters. The highest BCUT2D eigenvalue weighted by atomic mass is 19.1. The van der Waals surface area contributed by atoms with Crippen molar-refractivity contribution in [2.24, 2.45) is 0 Å². The monoisotopic (exact) mass is 277 g/mol. The van der Waals surface area contributed by atoms with E-state index in [1.165, 1.54) is 5.56 Å². The molecule has 20 heavy (non-hydrogen) atoms. The number of hydrogen-bond donors (Lipinski definition) is 2. The highest BCUT2D eigenvalue weighted by molar-refractivity contribution is 5.45. The summed E-state index contributed by atoms with van der Waals surface area (Å²) < 4.78 is 26.5. The number of anilines is 1. The average molecular weight is 277 g/mol. The van der Waals surface area contributed by atoms with Crippen LogP contribution in [0.2, 0.25) is 0 Å². The second-order valence-corrected chi connectivity index (χ2v) is 4.61. The van der Waals surface area contributed by atoms with Gasteiger partial charge in [-0.05, 0) is 42.3 Å². The van der Waals surface area contributed by atoms with E-state index in [1.807, 2.05) is 24.3 Å². The smallest absolute Gasteiger partial charge is 0.129 e. The van der Waals surface area contributed by atoms with E-state index in [9.17, 15) is 13.9 Å². The van der Waals surface area contributed by atoms with Gasteiger partial charge in [0.15, 0.2) is 0 Å². The topological polar surface area (TPSA) is 32.3 Å². The Morgan fingerprint density at radius 1 is 1.10 bits per heavy atom. The van der Waals surface area contributed by atoms with Crippen molar-refractivity contribution in [3.63, 3.8) is 0 Å². The van der Waals surface area contributed by atoms with Crippen molar-refractivity contribution in [1.29, 1.82) is 0 Å². The Morgan fingerprint density at radius 3 is 2.45 bits per heavy atom. The lowest BCUT2D eigenvalue weighted by Crippen LogP contribution is -2.13. The molecule has 0 aromatic heterocycles. The largest absolute Gasteiger partial charge is 0.386 e. The molecule has 106 valence electrons. The van der Waals surface area contributed by atoms with Crippen molar-refractivity contribution >= 4 is 5.69 Å². The quantitative estimate of drug-likeness (QED) is 0.874. The Morgan fingerprint density at radius 2 is 1.80 bits per heavy atom. The van der Waals surface area contributed by atoms with Crippen LogP contribution in [-0.2, 0) is 6.42 Å². The molecule has 0 aliphatic rings. The normalized spacial score (nSPS) is 12.2. The van der Waals surface area contributed by atoms with Gasteiger partial charge in [-0.2, -0.15) is 0 Å². The third-order valence-corrected chi connectivity index (χ3v) is 3.18.